The molecule has 1 saturated carbocycles. The standard InChI is InChI=1S/C16H21ClF2O/c1-10(2)9-16(5-3-4-6-16)15(20)11-7-13(18)14(19)8-12(11)17/h7-8,10,15,20H,3-6,9H2,1-2H3. The maximum Gasteiger partial charge on any atom is 0.160 e. The maximum absolute atomic E-state index is 13.4. The predicted octanol–water partition coefficient (Wildman–Crippen LogP) is 5.26. The third-order valence-corrected chi connectivity index (χ3v) is 4.66. The normalized spacial score (nSPS) is 19.6. The number of aliphatic hydroxyl groups is 1. The molecule has 20 heavy (non-hydrogen) atoms. The zero-order chi connectivity index (χ0) is 14.9. The average Bonchev–Trinajstić information content (AvgIpc) is 2.81. The van der Waals surface area contributed by atoms with Crippen LogP contribution in [0.2, 0.25) is 5.02 Å². The zero-order valence-corrected chi connectivity index (χ0v) is 12.7. The van der Waals surface area contributed by atoms with Gasteiger partial charge >= 0.3 is 0 Å². The lowest BCUT2D eigenvalue weighted by molar-refractivity contribution is 0.0110. The van der Waals surface area contributed by atoms with Gasteiger partial charge in [0.1, 0.15) is 0 Å². The van der Waals surface area contributed by atoms with E-state index in [0.717, 1.165) is 44.2 Å². The fourth-order valence-corrected chi connectivity index (χ4v) is 3.81. The summed E-state index contributed by atoms with van der Waals surface area (Å²) in [4.78, 5) is 0. The molecule has 0 spiro atoms. The Morgan fingerprint density at radius 2 is 1.75 bits per heavy atom. The van der Waals surface area contributed by atoms with Gasteiger partial charge in [-0.2, -0.15) is 0 Å². The van der Waals surface area contributed by atoms with Crippen molar-refractivity contribution in [2.75, 3.05) is 0 Å². The Balaban J connectivity index is 2.37. The average molecular weight is 303 g/mol. The van der Waals surface area contributed by atoms with Crippen LogP contribution in [0.1, 0.15) is 57.6 Å². The minimum atomic E-state index is -0.977. The van der Waals surface area contributed by atoms with E-state index >= 15 is 0 Å². The summed E-state index contributed by atoms with van der Waals surface area (Å²) < 4.78 is 26.6. The van der Waals surface area contributed by atoms with E-state index in [1.165, 1.54) is 0 Å². The van der Waals surface area contributed by atoms with E-state index in [2.05, 4.69) is 13.8 Å². The van der Waals surface area contributed by atoms with Crippen molar-refractivity contribution in [3.05, 3.63) is 34.4 Å². The molecule has 0 bridgehead atoms. The second-order valence-corrected chi connectivity index (χ2v) is 6.77. The molecule has 0 amide bonds. The van der Waals surface area contributed by atoms with Crippen LogP contribution in [-0.4, -0.2) is 5.11 Å². The van der Waals surface area contributed by atoms with Crippen molar-refractivity contribution in [3.63, 3.8) is 0 Å². The number of rotatable bonds is 4. The van der Waals surface area contributed by atoms with Gasteiger partial charge in [-0.1, -0.05) is 38.3 Å². The van der Waals surface area contributed by atoms with E-state index in [4.69, 9.17) is 11.6 Å². The summed E-state index contributed by atoms with van der Waals surface area (Å²) in [5, 5.41) is 10.8. The van der Waals surface area contributed by atoms with Crippen LogP contribution in [0.4, 0.5) is 8.78 Å². The van der Waals surface area contributed by atoms with Crippen LogP contribution < -0.4 is 0 Å². The Labute approximate surface area is 124 Å². The second kappa shape index (κ2) is 5.98. The van der Waals surface area contributed by atoms with E-state index in [1.807, 2.05) is 0 Å². The molecular formula is C16H21ClF2O. The summed E-state index contributed by atoms with van der Waals surface area (Å²) in [6, 6.07) is 2.00. The molecule has 1 fully saturated rings. The van der Waals surface area contributed by atoms with Crippen molar-refractivity contribution in [3.8, 4) is 0 Å². The van der Waals surface area contributed by atoms with Gasteiger partial charge in [-0.3, -0.25) is 0 Å². The van der Waals surface area contributed by atoms with Crippen molar-refractivity contribution in [1.29, 1.82) is 0 Å². The molecule has 1 atom stereocenters. The number of halogens is 3. The highest BCUT2D eigenvalue weighted by molar-refractivity contribution is 6.31. The fourth-order valence-electron chi connectivity index (χ4n) is 3.56. The molecule has 1 aliphatic carbocycles. The first-order valence-corrected chi connectivity index (χ1v) is 7.56. The SMILES string of the molecule is CC(C)CC1(C(O)c2cc(F)c(F)cc2Cl)CCCC1. The molecule has 1 N–H and O–H groups in total. The lowest BCUT2D eigenvalue weighted by Gasteiger charge is -2.36. The second-order valence-electron chi connectivity index (χ2n) is 6.36. The molecule has 1 aromatic carbocycles. The Kier molecular flexibility index (Phi) is 4.70. The molecule has 4 heteroatoms. The maximum atomic E-state index is 13.4. The Morgan fingerprint density at radius 3 is 2.30 bits per heavy atom. The van der Waals surface area contributed by atoms with Crippen molar-refractivity contribution in [2.24, 2.45) is 11.3 Å². The molecular weight excluding hydrogens is 282 g/mol. The monoisotopic (exact) mass is 302 g/mol. The van der Waals surface area contributed by atoms with Gasteiger partial charge in [-0.15, -0.1) is 0 Å². The number of hydrogen-bond donors (Lipinski definition) is 1. The molecule has 2 rings (SSSR count). The van der Waals surface area contributed by atoms with Crippen LogP contribution in [-0.2, 0) is 0 Å². The van der Waals surface area contributed by atoms with Crippen LogP contribution >= 0.6 is 11.6 Å². The topological polar surface area (TPSA) is 20.2 Å². The van der Waals surface area contributed by atoms with Gasteiger partial charge in [0, 0.05) is 16.0 Å². The smallest absolute Gasteiger partial charge is 0.160 e. The van der Waals surface area contributed by atoms with Crippen LogP contribution in [0.15, 0.2) is 12.1 Å². The van der Waals surface area contributed by atoms with Gasteiger partial charge in [0.25, 0.3) is 0 Å². The molecule has 0 radical (unpaired) electrons. The minimum Gasteiger partial charge on any atom is -0.388 e. The van der Waals surface area contributed by atoms with Gasteiger partial charge in [-0.05, 0) is 37.3 Å². The Hall–Kier alpha value is -0.670. The van der Waals surface area contributed by atoms with E-state index in [-0.39, 0.29) is 10.4 Å². The van der Waals surface area contributed by atoms with Gasteiger partial charge in [-0.25, -0.2) is 8.78 Å². The number of hydrogen-bond acceptors (Lipinski definition) is 1. The Bertz CT molecular complexity index is 482. The third-order valence-electron chi connectivity index (χ3n) is 4.33. The fraction of sp³-hybridized carbons (Fsp3) is 0.625. The first-order chi connectivity index (χ1) is 9.35. The van der Waals surface area contributed by atoms with E-state index in [0.29, 0.717) is 11.5 Å². The van der Waals surface area contributed by atoms with Gasteiger partial charge in [0.15, 0.2) is 11.6 Å². The van der Waals surface area contributed by atoms with Crippen LogP contribution in [0.5, 0.6) is 0 Å². The molecule has 0 aromatic heterocycles. The lowest BCUT2D eigenvalue weighted by Crippen LogP contribution is -2.28. The third kappa shape index (κ3) is 2.99. The van der Waals surface area contributed by atoms with Crippen molar-refractivity contribution in [1.82, 2.24) is 0 Å². The summed E-state index contributed by atoms with van der Waals surface area (Å²) >= 11 is 6.01. The summed E-state index contributed by atoms with van der Waals surface area (Å²) in [5.41, 5.74) is 0.0512. The Morgan fingerprint density at radius 1 is 1.20 bits per heavy atom. The largest absolute Gasteiger partial charge is 0.388 e. The first-order valence-electron chi connectivity index (χ1n) is 7.18. The van der Waals surface area contributed by atoms with E-state index in [1.54, 1.807) is 0 Å². The minimum absolute atomic E-state index is 0.103. The van der Waals surface area contributed by atoms with Crippen molar-refractivity contribution >= 4 is 11.6 Å². The number of benzene rings is 1. The molecule has 1 aliphatic rings. The summed E-state index contributed by atoms with van der Waals surface area (Å²) in [6.07, 6.45) is 3.96. The molecule has 1 nitrogen and oxygen atoms in total. The quantitative estimate of drug-likeness (QED) is 0.752. The molecule has 0 saturated heterocycles. The predicted molar refractivity (Wildman–Crippen MR) is 76.7 cm³/mol. The van der Waals surface area contributed by atoms with Crippen molar-refractivity contribution in [2.45, 2.75) is 52.1 Å². The molecule has 0 aliphatic heterocycles. The highest BCUT2D eigenvalue weighted by Crippen LogP contribution is 2.52. The zero-order valence-electron chi connectivity index (χ0n) is 11.9. The van der Waals surface area contributed by atoms with Crippen LogP contribution in [0.3, 0.4) is 0 Å². The van der Waals surface area contributed by atoms with E-state index in [9.17, 15) is 13.9 Å². The molecule has 0 heterocycles. The number of aliphatic hydroxyl groups excluding tert-OH is 1. The highest BCUT2D eigenvalue weighted by Gasteiger charge is 2.42. The summed E-state index contributed by atoms with van der Waals surface area (Å²) in [6.45, 7) is 4.22. The lowest BCUT2D eigenvalue weighted by atomic mass is 9.72. The van der Waals surface area contributed by atoms with E-state index < -0.39 is 17.7 Å². The summed E-state index contributed by atoms with van der Waals surface area (Å²) in [5.74, 6) is -1.50. The molecule has 1 unspecified atom stereocenters. The van der Waals surface area contributed by atoms with Gasteiger partial charge in [0.05, 0.1) is 6.10 Å². The van der Waals surface area contributed by atoms with Crippen LogP contribution in [0.25, 0.3) is 0 Å². The van der Waals surface area contributed by atoms with Crippen molar-refractivity contribution < 1.29 is 13.9 Å². The van der Waals surface area contributed by atoms with Crippen LogP contribution in [0, 0.1) is 23.0 Å². The highest BCUT2D eigenvalue weighted by atomic mass is 35.5. The summed E-state index contributed by atoms with van der Waals surface area (Å²) in [7, 11) is 0. The van der Waals surface area contributed by atoms with Gasteiger partial charge < -0.3 is 5.11 Å². The van der Waals surface area contributed by atoms with Gasteiger partial charge in [0.2, 0.25) is 0 Å². The molecule has 1 aromatic rings. The molecule has 112 valence electrons. The first kappa shape index (κ1) is 15.7.